The maximum atomic E-state index is 11.7. The molecule has 0 spiro atoms. The zero-order valence-electron chi connectivity index (χ0n) is 12.5. The van der Waals surface area contributed by atoms with Crippen LogP contribution in [0.2, 0.25) is 0 Å². The second-order valence-electron chi connectivity index (χ2n) is 4.68. The van der Waals surface area contributed by atoms with Gasteiger partial charge in [-0.2, -0.15) is 0 Å². The summed E-state index contributed by atoms with van der Waals surface area (Å²) in [6, 6.07) is 3.30. The summed E-state index contributed by atoms with van der Waals surface area (Å²) in [7, 11) is 0. The number of carbonyl (C=O) groups is 1. The van der Waals surface area contributed by atoms with Crippen LogP contribution in [0.3, 0.4) is 0 Å². The number of hydrogen-bond acceptors (Lipinski definition) is 6. The number of benzene rings is 1. The van der Waals surface area contributed by atoms with Crippen LogP contribution in [0.25, 0.3) is 10.3 Å². The molecule has 0 bridgehead atoms. The van der Waals surface area contributed by atoms with Crippen LogP contribution in [-0.4, -0.2) is 36.9 Å². The molecule has 0 radical (unpaired) electrons. The minimum Gasteiger partial charge on any atom is -0.491 e. The summed E-state index contributed by atoms with van der Waals surface area (Å²) >= 11 is 0.990. The first-order valence-electron chi connectivity index (χ1n) is 6.99. The van der Waals surface area contributed by atoms with E-state index < -0.39 is 0 Å². The van der Waals surface area contributed by atoms with Gasteiger partial charge in [-0.3, -0.25) is 4.79 Å². The molecule has 1 aromatic carbocycles. The number of ether oxygens (including phenoxy) is 1. The lowest BCUT2D eigenvalue weighted by Gasteiger charge is -2.18. The van der Waals surface area contributed by atoms with Crippen molar-refractivity contribution in [1.29, 1.82) is 0 Å². The quantitative estimate of drug-likeness (QED) is 0.736. The molecular weight excluding hydrogens is 290 g/mol. The summed E-state index contributed by atoms with van der Waals surface area (Å²) in [5, 5.41) is 0. The molecule has 0 amide bonds. The standard InChI is InChI=1S/C15H19NO4S/c1-4-16(5-2)6-7-19-12-9-13-14(21-15(18)20-13)8-11(12)10(3)17/h8-9H,4-7H2,1-3H3. The zero-order valence-corrected chi connectivity index (χ0v) is 13.3. The van der Waals surface area contributed by atoms with Gasteiger partial charge in [0.05, 0.1) is 10.3 Å². The Balaban J connectivity index is 2.22. The van der Waals surface area contributed by atoms with Crippen molar-refractivity contribution in [1.82, 2.24) is 4.90 Å². The SMILES string of the molecule is CCN(CC)CCOc1cc2oc(=O)sc2cc1C(C)=O. The highest BCUT2D eigenvalue weighted by Gasteiger charge is 2.14. The van der Waals surface area contributed by atoms with E-state index in [2.05, 4.69) is 18.7 Å². The van der Waals surface area contributed by atoms with E-state index in [-0.39, 0.29) is 10.7 Å². The van der Waals surface area contributed by atoms with Gasteiger partial charge in [-0.05, 0) is 26.1 Å². The number of likely N-dealkylation sites (N-methyl/N-ethyl adjacent to an activating group) is 1. The molecule has 0 aliphatic heterocycles. The van der Waals surface area contributed by atoms with Gasteiger partial charge >= 0.3 is 4.94 Å². The Hall–Kier alpha value is -1.66. The van der Waals surface area contributed by atoms with Crippen LogP contribution in [0.1, 0.15) is 31.1 Å². The molecule has 114 valence electrons. The van der Waals surface area contributed by atoms with Gasteiger partial charge in [0.15, 0.2) is 11.4 Å². The molecule has 2 rings (SSSR count). The lowest BCUT2D eigenvalue weighted by molar-refractivity contribution is 0.101. The van der Waals surface area contributed by atoms with Gasteiger partial charge in [-0.15, -0.1) is 0 Å². The number of hydrogen-bond donors (Lipinski definition) is 0. The highest BCUT2D eigenvalue weighted by Crippen LogP contribution is 2.28. The second kappa shape index (κ2) is 6.87. The maximum Gasteiger partial charge on any atom is 0.396 e. The average Bonchev–Trinajstić information content (AvgIpc) is 2.81. The Labute approximate surface area is 127 Å². The van der Waals surface area contributed by atoms with E-state index in [0.29, 0.717) is 28.2 Å². The summed E-state index contributed by atoms with van der Waals surface area (Å²) in [5.41, 5.74) is 0.951. The predicted octanol–water partition coefficient (Wildman–Crippen LogP) is 2.78. The zero-order chi connectivity index (χ0) is 15.4. The van der Waals surface area contributed by atoms with Crippen LogP contribution in [0.4, 0.5) is 0 Å². The first kappa shape index (κ1) is 15.7. The Bertz CT molecular complexity index is 685. The van der Waals surface area contributed by atoms with Crippen molar-refractivity contribution in [2.75, 3.05) is 26.2 Å². The van der Waals surface area contributed by atoms with E-state index in [9.17, 15) is 9.59 Å². The van der Waals surface area contributed by atoms with Gasteiger partial charge in [0.2, 0.25) is 0 Å². The van der Waals surface area contributed by atoms with Crippen LogP contribution >= 0.6 is 11.3 Å². The summed E-state index contributed by atoms with van der Waals surface area (Å²) in [6.07, 6.45) is 0. The Kier molecular flexibility index (Phi) is 5.14. The number of fused-ring (bicyclic) bond motifs is 1. The van der Waals surface area contributed by atoms with Crippen molar-refractivity contribution < 1.29 is 13.9 Å². The van der Waals surface area contributed by atoms with Crippen LogP contribution in [0, 0.1) is 0 Å². The number of rotatable bonds is 7. The first-order valence-corrected chi connectivity index (χ1v) is 7.80. The Morgan fingerprint density at radius 3 is 2.67 bits per heavy atom. The average molecular weight is 309 g/mol. The van der Waals surface area contributed by atoms with Gasteiger partial charge in [0.25, 0.3) is 0 Å². The van der Waals surface area contributed by atoms with Crippen LogP contribution in [0.15, 0.2) is 21.3 Å². The van der Waals surface area contributed by atoms with E-state index >= 15 is 0 Å². The fourth-order valence-corrected chi connectivity index (χ4v) is 2.81. The van der Waals surface area contributed by atoms with Crippen LogP contribution < -0.4 is 9.68 Å². The van der Waals surface area contributed by atoms with Gasteiger partial charge in [-0.25, -0.2) is 4.79 Å². The van der Waals surface area contributed by atoms with E-state index in [1.54, 1.807) is 12.1 Å². The molecular formula is C15H19NO4S. The van der Waals surface area contributed by atoms with E-state index in [4.69, 9.17) is 9.15 Å². The molecule has 0 aliphatic rings. The van der Waals surface area contributed by atoms with Crippen LogP contribution in [-0.2, 0) is 0 Å². The molecule has 0 saturated carbocycles. The summed E-state index contributed by atoms with van der Waals surface area (Å²) in [6.45, 7) is 8.86. The number of ketones is 1. The molecule has 0 unspecified atom stereocenters. The minimum absolute atomic E-state index is 0.0874. The van der Waals surface area contributed by atoms with Gasteiger partial charge in [-0.1, -0.05) is 25.2 Å². The lowest BCUT2D eigenvalue weighted by Crippen LogP contribution is -2.28. The largest absolute Gasteiger partial charge is 0.491 e. The summed E-state index contributed by atoms with van der Waals surface area (Å²) in [5.74, 6) is 0.388. The molecule has 6 heteroatoms. The van der Waals surface area contributed by atoms with Crippen molar-refractivity contribution in [3.63, 3.8) is 0 Å². The number of nitrogens with zero attached hydrogens (tertiary/aromatic N) is 1. The topological polar surface area (TPSA) is 59.8 Å². The molecule has 5 nitrogen and oxygen atoms in total. The minimum atomic E-state index is -0.375. The van der Waals surface area contributed by atoms with Crippen molar-refractivity contribution >= 4 is 27.4 Å². The maximum absolute atomic E-state index is 11.7. The van der Waals surface area contributed by atoms with Crippen molar-refractivity contribution in [3.05, 3.63) is 27.4 Å². The molecule has 2 aromatic rings. The molecule has 0 fully saturated rings. The van der Waals surface area contributed by atoms with Gasteiger partial charge in [0, 0.05) is 12.6 Å². The van der Waals surface area contributed by atoms with Crippen molar-refractivity contribution in [2.24, 2.45) is 0 Å². The Morgan fingerprint density at radius 2 is 2.05 bits per heavy atom. The molecule has 0 aliphatic carbocycles. The molecule has 1 heterocycles. The Morgan fingerprint density at radius 1 is 1.33 bits per heavy atom. The molecule has 0 atom stereocenters. The smallest absolute Gasteiger partial charge is 0.396 e. The summed E-state index contributed by atoms with van der Waals surface area (Å²) in [4.78, 5) is 24.9. The highest BCUT2D eigenvalue weighted by molar-refractivity contribution is 7.16. The van der Waals surface area contributed by atoms with Crippen LogP contribution in [0.5, 0.6) is 5.75 Å². The fraction of sp³-hybridized carbons (Fsp3) is 0.467. The first-order chi connectivity index (χ1) is 10.0. The number of Topliss-reactive ketones (excluding diaryl/α,β-unsaturated/α-hetero) is 1. The number of carbonyl (C=O) groups excluding carboxylic acids is 1. The normalized spacial score (nSPS) is 11.2. The summed E-state index contributed by atoms with van der Waals surface area (Å²) < 4.78 is 11.5. The second-order valence-corrected chi connectivity index (χ2v) is 5.66. The highest BCUT2D eigenvalue weighted by atomic mass is 32.1. The monoisotopic (exact) mass is 309 g/mol. The van der Waals surface area contributed by atoms with E-state index in [1.807, 2.05) is 0 Å². The van der Waals surface area contributed by atoms with Crippen molar-refractivity contribution in [3.8, 4) is 5.75 Å². The molecule has 0 N–H and O–H groups in total. The lowest BCUT2D eigenvalue weighted by atomic mass is 10.1. The van der Waals surface area contributed by atoms with E-state index in [1.165, 1.54) is 6.92 Å². The third-order valence-corrected chi connectivity index (χ3v) is 4.16. The third-order valence-electron chi connectivity index (χ3n) is 3.37. The molecule has 1 aromatic heterocycles. The molecule has 21 heavy (non-hydrogen) atoms. The molecule has 0 saturated heterocycles. The van der Waals surface area contributed by atoms with E-state index in [0.717, 1.165) is 31.0 Å². The third kappa shape index (κ3) is 3.71. The van der Waals surface area contributed by atoms with Gasteiger partial charge in [0.1, 0.15) is 12.4 Å². The van der Waals surface area contributed by atoms with Crippen molar-refractivity contribution in [2.45, 2.75) is 20.8 Å². The predicted molar refractivity (Wildman–Crippen MR) is 83.6 cm³/mol. The fourth-order valence-electron chi connectivity index (χ4n) is 2.12. The van der Waals surface area contributed by atoms with Gasteiger partial charge < -0.3 is 14.1 Å².